The standard InChI is InChI=1S/C26H19ClF2N6O/c1-2-20(36)35-11-10-34(13-16(35)8-9-30)26-18-12-31-24(23(29)25(18)32-14-33-26)17-5-3-4-15-6-7-19(28)22(27)21(15)17/h2-7,12,14,16H,1,8,10-11,13H2/t16-/m0/s1. The van der Waals surface area contributed by atoms with E-state index in [0.717, 1.165) is 0 Å². The van der Waals surface area contributed by atoms with E-state index in [1.807, 2.05) is 4.90 Å². The van der Waals surface area contributed by atoms with Crippen molar-refractivity contribution in [1.82, 2.24) is 19.9 Å². The molecule has 1 aliphatic heterocycles. The summed E-state index contributed by atoms with van der Waals surface area (Å²) in [5, 5.41) is 10.5. The van der Waals surface area contributed by atoms with Crippen LogP contribution in [0.5, 0.6) is 0 Å². The first kappa shape index (κ1) is 23.6. The Bertz CT molecular complexity index is 1570. The molecule has 0 N–H and O–H groups in total. The number of fused-ring (bicyclic) bond motifs is 2. The Balaban J connectivity index is 1.59. The zero-order valence-corrected chi connectivity index (χ0v) is 19.7. The van der Waals surface area contributed by atoms with Gasteiger partial charge in [-0.1, -0.05) is 42.4 Å². The maximum absolute atomic E-state index is 15.9. The second-order valence-corrected chi connectivity index (χ2v) is 8.72. The maximum atomic E-state index is 15.9. The number of anilines is 1. The molecule has 0 bridgehead atoms. The largest absolute Gasteiger partial charge is 0.352 e. The van der Waals surface area contributed by atoms with Crippen molar-refractivity contribution in [2.24, 2.45) is 0 Å². The molecule has 0 saturated carbocycles. The number of rotatable bonds is 4. The highest BCUT2D eigenvalue weighted by Gasteiger charge is 2.31. The number of hydrogen-bond donors (Lipinski definition) is 0. The third kappa shape index (κ3) is 3.89. The van der Waals surface area contributed by atoms with Crippen molar-refractivity contribution in [1.29, 1.82) is 5.26 Å². The molecule has 3 heterocycles. The lowest BCUT2D eigenvalue weighted by Gasteiger charge is -2.41. The fourth-order valence-corrected chi connectivity index (χ4v) is 4.93. The van der Waals surface area contributed by atoms with Crippen LogP contribution in [0.25, 0.3) is 32.9 Å². The van der Waals surface area contributed by atoms with E-state index in [0.29, 0.717) is 47.2 Å². The van der Waals surface area contributed by atoms with Gasteiger partial charge in [-0.2, -0.15) is 5.26 Å². The molecule has 1 aliphatic rings. The van der Waals surface area contributed by atoms with Gasteiger partial charge in [0, 0.05) is 36.8 Å². The van der Waals surface area contributed by atoms with Gasteiger partial charge in [-0.15, -0.1) is 0 Å². The van der Waals surface area contributed by atoms with Gasteiger partial charge in [0.2, 0.25) is 5.91 Å². The predicted molar refractivity (Wildman–Crippen MR) is 133 cm³/mol. The lowest BCUT2D eigenvalue weighted by atomic mass is 10.0. The van der Waals surface area contributed by atoms with Crippen molar-refractivity contribution in [3.8, 4) is 17.3 Å². The van der Waals surface area contributed by atoms with E-state index in [-0.39, 0.29) is 34.6 Å². The average Bonchev–Trinajstić information content (AvgIpc) is 2.90. The zero-order valence-electron chi connectivity index (χ0n) is 19.0. The first-order chi connectivity index (χ1) is 17.4. The molecule has 10 heteroatoms. The van der Waals surface area contributed by atoms with Crippen LogP contribution >= 0.6 is 11.6 Å². The third-order valence-electron chi connectivity index (χ3n) is 6.36. The molecule has 1 amide bonds. The molecule has 2 aromatic heterocycles. The minimum atomic E-state index is -0.682. The lowest BCUT2D eigenvalue weighted by molar-refractivity contribution is -0.128. The average molecular weight is 505 g/mol. The second-order valence-electron chi connectivity index (χ2n) is 8.34. The minimum absolute atomic E-state index is 0.00555. The summed E-state index contributed by atoms with van der Waals surface area (Å²) in [6.45, 7) is 4.65. The number of halogens is 3. The van der Waals surface area contributed by atoms with Crippen LogP contribution in [0, 0.1) is 23.0 Å². The van der Waals surface area contributed by atoms with Crippen LogP contribution in [0.4, 0.5) is 14.6 Å². The Morgan fingerprint density at radius 3 is 2.83 bits per heavy atom. The first-order valence-electron chi connectivity index (χ1n) is 11.2. The van der Waals surface area contributed by atoms with Crippen molar-refractivity contribution < 1.29 is 13.6 Å². The summed E-state index contributed by atoms with van der Waals surface area (Å²) in [5.74, 6) is -1.08. The van der Waals surface area contributed by atoms with Gasteiger partial charge < -0.3 is 9.80 Å². The quantitative estimate of drug-likeness (QED) is 0.368. The number of benzene rings is 2. The highest BCUT2D eigenvalue weighted by molar-refractivity contribution is 6.36. The Kier molecular flexibility index (Phi) is 6.20. The summed E-state index contributed by atoms with van der Waals surface area (Å²) >= 11 is 6.25. The molecule has 1 saturated heterocycles. The van der Waals surface area contributed by atoms with Crippen LogP contribution in [0.1, 0.15) is 6.42 Å². The van der Waals surface area contributed by atoms with Gasteiger partial charge in [-0.05, 0) is 17.5 Å². The van der Waals surface area contributed by atoms with Crippen molar-refractivity contribution in [3.05, 3.63) is 72.2 Å². The number of aromatic nitrogens is 3. The van der Waals surface area contributed by atoms with Gasteiger partial charge in [0.15, 0.2) is 5.82 Å². The van der Waals surface area contributed by atoms with Gasteiger partial charge in [-0.25, -0.2) is 18.7 Å². The number of pyridine rings is 1. The molecule has 36 heavy (non-hydrogen) atoms. The molecule has 0 spiro atoms. The van der Waals surface area contributed by atoms with Crippen LogP contribution in [-0.4, -0.2) is 51.4 Å². The molecule has 180 valence electrons. The van der Waals surface area contributed by atoms with E-state index < -0.39 is 11.6 Å². The molecule has 5 rings (SSSR count). The molecule has 0 radical (unpaired) electrons. The summed E-state index contributed by atoms with van der Waals surface area (Å²) in [6.07, 6.45) is 4.11. The van der Waals surface area contributed by atoms with E-state index in [2.05, 4.69) is 27.6 Å². The van der Waals surface area contributed by atoms with Crippen LogP contribution in [0.15, 0.2) is 55.5 Å². The fraction of sp³-hybridized carbons (Fsp3) is 0.192. The molecular weight excluding hydrogens is 486 g/mol. The van der Waals surface area contributed by atoms with Crippen molar-refractivity contribution in [3.63, 3.8) is 0 Å². The molecule has 1 atom stereocenters. The van der Waals surface area contributed by atoms with Gasteiger partial charge in [0.1, 0.15) is 29.2 Å². The fourth-order valence-electron chi connectivity index (χ4n) is 4.66. The van der Waals surface area contributed by atoms with E-state index >= 15 is 4.39 Å². The maximum Gasteiger partial charge on any atom is 0.246 e. The van der Waals surface area contributed by atoms with Gasteiger partial charge in [0.25, 0.3) is 0 Å². The summed E-state index contributed by atoms with van der Waals surface area (Å²) in [5.41, 5.74) is 0.396. The van der Waals surface area contributed by atoms with Crippen LogP contribution in [0.3, 0.4) is 0 Å². The molecule has 4 aromatic rings. The summed E-state index contributed by atoms with van der Waals surface area (Å²) in [7, 11) is 0. The highest BCUT2D eigenvalue weighted by atomic mass is 35.5. The smallest absolute Gasteiger partial charge is 0.246 e. The van der Waals surface area contributed by atoms with E-state index in [4.69, 9.17) is 11.6 Å². The topological polar surface area (TPSA) is 86.0 Å². The van der Waals surface area contributed by atoms with Crippen molar-refractivity contribution in [2.75, 3.05) is 24.5 Å². The Labute approximate surface area is 210 Å². The monoisotopic (exact) mass is 504 g/mol. The number of nitriles is 1. The first-order valence-corrected chi connectivity index (χ1v) is 11.5. The van der Waals surface area contributed by atoms with Crippen molar-refractivity contribution in [2.45, 2.75) is 12.5 Å². The molecule has 7 nitrogen and oxygen atoms in total. The van der Waals surface area contributed by atoms with E-state index in [9.17, 15) is 14.4 Å². The molecule has 1 fully saturated rings. The van der Waals surface area contributed by atoms with Crippen molar-refractivity contribution >= 4 is 45.0 Å². The number of hydrogen-bond acceptors (Lipinski definition) is 6. The zero-order chi connectivity index (χ0) is 25.4. The van der Waals surface area contributed by atoms with Gasteiger partial charge in [-0.3, -0.25) is 9.78 Å². The van der Waals surface area contributed by atoms with Gasteiger partial charge in [0.05, 0.1) is 28.9 Å². The summed E-state index contributed by atoms with van der Waals surface area (Å²) in [6, 6.07) is 9.71. The lowest BCUT2D eigenvalue weighted by Crippen LogP contribution is -2.55. The van der Waals surface area contributed by atoms with E-state index in [1.54, 1.807) is 29.2 Å². The Morgan fingerprint density at radius 1 is 1.22 bits per heavy atom. The number of carbonyl (C=O) groups excluding carboxylic acids is 1. The number of carbonyl (C=O) groups is 1. The van der Waals surface area contributed by atoms with Crippen LogP contribution in [0.2, 0.25) is 5.02 Å². The van der Waals surface area contributed by atoms with Crippen LogP contribution < -0.4 is 4.90 Å². The highest BCUT2D eigenvalue weighted by Crippen LogP contribution is 2.37. The second kappa shape index (κ2) is 9.47. The number of nitrogens with zero attached hydrogens (tertiary/aromatic N) is 6. The SMILES string of the molecule is C=CC(=O)N1CCN(c2ncnc3c(F)c(-c4cccc5ccc(F)c(Cl)c45)ncc23)C[C@@H]1CC#N. The van der Waals surface area contributed by atoms with Crippen LogP contribution in [-0.2, 0) is 4.79 Å². The number of amides is 1. The number of piperazine rings is 1. The Hall–Kier alpha value is -4.16. The van der Waals surface area contributed by atoms with E-state index in [1.165, 1.54) is 24.7 Å². The minimum Gasteiger partial charge on any atom is -0.352 e. The predicted octanol–water partition coefficient (Wildman–Crippen LogP) is 4.89. The molecular formula is C26H19ClF2N6O. The Morgan fingerprint density at radius 2 is 2.06 bits per heavy atom. The third-order valence-corrected chi connectivity index (χ3v) is 6.73. The molecule has 0 aliphatic carbocycles. The summed E-state index contributed by atoms with van der Waals surface area (Å²) < 4.78 is 30.1. The summed E-state index contributed by atoms with van der Waals surface area (Å²) in [4.78, 5) is 28.6. The molecule has 0 unspecified atom stereocenters. The molecule has 2 aromatic carbocycles. The van der Waals surface area contributed by atoms with Gasteiger partial charge >= 0.3 is 0 Å². The normalized spacial score (nSPS) is 15.8.